The molecule has 2 aliphatic carbocycles. The summed E-state index contributed by atoms with van der Waals surface area (Å²) in [5.74, 6) is -0.355. The van der Waals surface area contributed by atoms with Crippen molar-refractivity contribution in [3.63, 3.8) is 0 Å². The van der Waals surface area contributed by atoms with Crippen molar-refractivity contribution in [1.29, 1.82) is 0 Å². The van der Waals surface area contributed by atoms with Gasteiger partial charge in [-0.2, -0.15) is 0 Å². The van der Waals surface area contributed by atoms with Crippen LogP contribution in [0.3, 0.4) is 0 Å². The number of hydrogen-bond acceptors (Lipinski definition) is 5. The highest BCUT2D eigenvalue weighted by atomic mass is 19.3. The molecule has 2 N–H and O–H groups in total. The number of alkyl halides is 2. The molecule has 0 spiro atoms. The first-order valence-corrected chi connectivity index (χ1v) is 12.4. The molecule has 2 saturated heterocycles. The molecule has 2 aromatic rings. The number of halogens is 3. The second-order valence-electron chi connectivity index (χ2n) is 10.8. The number of pyridine rings is 1. The Labute approximate surface area is 206 Å². The maximum Gasteiger partial charge on any atom is 0.266 e. The van der Waals surface area contributed by atoms with Crippen molar-refractivity contribution in [2.75, 3.05) is 38.7 Å². The number of carbonyl (C=O) groups excluding carboxylic acids is 1. The molecule has 6 atom stereocenters. The zero-order valence-corrected chi connectivity index (χ0v) is 20.1. The maximum absolute atomic E-state index is 14.7. The molecule has 4 aliphatic rings. The third kappa shape index (κ3) is 3.73. The summed E-state index contributed by atoms with van der Waals surface area (Å²) in [6.07, 6.45) is -0.553. The average Bonchev–Trinajstić information content (AvgIpc) is 3.55. The van der Waals surface area contributed by atoms with Crippen LogP contribution in [0.5, 0.6) is 0 Å². The topological polar surface area (TPSA) is 75.6 Å². The number of nitrogens with zero attached hydrogens (tertiary/aromatic N) is 2. The quantitative estimate of drug-likeness (QED) is 0.609. The summed E-state index contributed by atoms with van der Waals surface area (Å²) in [5, 5.41) is 6.17. The molecule has 1 amide bonds. The van der Waals surface area contributed by atoms with E-state index in [4.69, 9.17) is 4.74 Å². The monoisotopic (exact) mass is 502 g/mol. The summed E-state index contributed by atoms with van der Waals surface area (Å²) < 4.78 is 48.3. The van der Waals surface area contributed by atoms with Gasteiger partial charge in [0.05, 0.1) is 41.6 Å². The molecule has 192 valence electrons. The van der Waals surface area contributed by atoms with Crippen molar-refractivity contribution in [1.82, 2.24) is 14.8 Å². The number of ether oxygens (including phenoxy) is 1. The van der Waals surface area contributed by atoms with Gasteiger partial charge in [0.15, 0.2) is 0 Å². The van der Waals surface area contributed by atoms with Gasteiger partial charge < -0.3 is 24.8 Å². The van der Waals surface area contributed by atoms with Crippen molar-refractivity contribution < 1.29 is 22.7 Å². The summed E-state index contributed by atoms with van der Waals surface area (Å²) in [5.41, 5.74) is -0.626. The van der Waals surface area contributed by atoms with Crippen molar-refractivity contribution >= 4 is 11.6 Å². The summed E-state index contributed by atoms with van der Waals surface area (Å²) in [6, 6.07) is 4.57. The molecule has 2 aliphatic heterocycles. The SMILES string of the molecule is C[C@@H](NC(=O)c1cn([C@]23COC[C@H]2C3)c(=O)cc1NC1[C@H]2CN(C)C[C@@H]12)c1cccc(C(F)F)c1F. The molecule has 0 radical (unpaired) electrons. The van der Waals surface area contributed by atoms with Gasteiger partial charge in [-0.25, -0.2) is 13.2 Å². The second-order valence-corrected chi connectivity index (χ2v) is 10.8. The van der Waals surface area contributed by atoms with Crippen LogP contribution in [0.4, 0.5) is 18.9 Å². The Kier molecular flexibility index (Phi) is 5.46. The third-order valence-corrected chi connectivity index (χ3v) is 8.46. The summed E-state index contributed by atoms with van der Waals surface area (Å²) >= 11 is 0. The largest absolute Gasteiger partial charge is 0.381 e. The summed E-state index contributed by atoms with van der Waals surface area (Å²) in [7, 11) is 2.07. The molecule has 1 aromatic heterocycles. The molecule has 4 fully saturated rings. The lowest BCUT2D eigenvalue weighted by molar-refractivity contribution is 0.0938. The summed E-state index contributed by atoms with van der Waals surface area (Å²) in [4.78, 5) is 28.9. The van der Waals surface area contributed by atoms with E-state index < -0.39 is 35.3 Å². The zero-order chi connectivity index (χ0) is 25.4. The van der Waals surface area contributed by atoms with Crippen LogP contribution in [0.25, 0.3) is 0 Å². The highest BCUT2D eigenvalue weighted by molar-refractivity contribution is 5.99. The van der Waals surface area contributed by atoms with Crippen molar-refractivity contribution in [2.45, 2.75) is 37.4 Å². The normalized spacial score (nSPS) is 31.2. The van der Waals surface area contributed by atoms with E-state index in [9.17, 15) is 22.8 Å². The third-order valence-electron chi connectivity index (χ3n) is 8.46. The van der Waals surface area contributed by atoms with Crippen LogP contribution >= 0.6 is 0 Å². The predicted molar refractivity (Wildman–Crippen MR) is 127 cm³/mol. The molecule has 0 bridgehead atoms. The Morgan fingerprint density at radius 1 is 1.22 bits per heavy atom. The number of nitrogens with one attached hydrogen (secondary N) is 2. The van der Waals surface area contributed by atoms with Gasteiger partial charge in [0.1, 0.15) is 5.82 Å². The first-order valence-electron chi connectivity index (χ1n) is 12.4. The lowest BCUT2D eigenvalue weighted by atomic mass is 10.0. The van der Waals surface area contributed by atoms with Crippen LogP contribution in [0, 0.1) is 23.6 Å². The molecule has 3 heterocycles. The van der Waals surface area contributed by atoms with Gasteiger partial charge in [0.2, 0.25) is 0 Å². The lowest BCUT2D eigenvalue weighted by Gasteiger charge is -2.22. The number of hydrogen-bond donors (Lipinski definition) is 2. The second kappa shape index (κ2) is 8.34. The Hall–Kier alpha value is -2.85. The van der Waals surface area contributed by atoms with Gasteiger partial charge in [0.25, 0.3) is 17.9 Å². The number of amides is 1. The minimum atomic E-state index is -2.95. The van der Waals surface area contributed by atoms with E-state index in [-0.39, 0.29) is 28.6 Å². The number of carbonyl (C=O) groups is 1. The van der Waals surface area contributed by atoms with Crippen LogP contribution in [-0.2, 0) is 10.3 Å². The maximum atomic E-state index is 14.7. The standard InChI is InChI=1S/C26H29F3N4O3/c1-13(15-4-3-5-16(22(15)27)24(28)29)30-25(35)19-10-33(26-7-14(26)11-36-12-26)21(34)6-20(19)31-23-17-8-32(2)9-18(17)23/h3-6,10,13-14,17-18,23-24,31H,7-9,11-12H2,1-2H3,(H,30,35)/t13-,14-,17-,18+,23?,26-/m1/s1. The first kappa shape index (κ1) is 23.5. The van der Waals surface area contributed by atoms with E-state index in [0.29, 0.717) is 30.7 Å². The first-order chi connectivity index (χ1) is 17.2. The van der Waals surface area contributed by atoms with Gasteiger partial charge in [-0.05, 0) is 32.2 Å². The van der Waals surface area contributed by atoms with Crippen molar-refractivity contribution in [2.24, 2.45) is 17.8 Å². The molecule has 2 saturated carbocycles. The van der Waals surface area contributed by atoms with E-state index in [2.05, 4.69) is 22.6 Å². The Bertz CT molecular complexity index is 1270. The van der Waals surface area contributed by atoms with Gasteiger partial charge in [-0.3, -0.25) is 9.59 Å². The van der Waals surface area contributed by atoms with E-state index in [1.165, 1.54) is 18.2 Å². The molecular weight excluding hydrogens is 473 g/mol. The Balaban J connectivity index is 1.30. The van der Waals surface area contributed by atoms with Gasteiger partial charge in [0, 0.05) is 42.9 Å². The lowest BCUT2D eigenvalue weighted by Crippen LogP contribution is -2.36. The van der Waals surface area contributed by atoms with E-state index in [1.807, 2.05) is 0 Å². The van der Waals surface area contributed by atoms with Crippen LogP contribution in [0.1, 0.15) is 47.3 Å². The fourth-order valence-corrected chi connectivity index (χ4v) is 6.24. The Morgan fingerprint density at radius 2 is 1.94 bits per heavy atom. The number of fused-ring (bicyclic) bond motifs is 2. The van der Waals surface area contributed by atoms with Gasteiger partial charge in [-0.15, -0.1) is 0 Å². The Morgan fingerprint density at radius 3 is 2.58 bits per heavy atom. The molecule has 36 heavy (non-hydrogen) atoms. The minimum Gasteiger partial charge on any atom is -0.381 e. The summed E-state index contributed by atoms with van der Waals surface area (Å²) in [6.45, 7) is 4.48. The highest BCUT2D eigenvalue weighted by Crippen LogP contribution is 2.54. The molecule has 6 rings (SSSR count). The fraction of sp³-hybridized carbons (Fsp3) is 0.538. The minimum absolute atomic E-state index is 0.0196. The molecule has 7 nitrogen and oxygen atoms in total. The number of likely N-dealkylation sites (tertiary alicyclic amines) is 1. The molecule has 1 aromatic carbocycles. The number of aromatic nitrogens is 1. The fourth-order valence-electron chi connectivity index (χ4n) is 6.24. The molecule has 1 unspecified atom stereocenters. The average molecular weight is 503 g/mol. The number of anilines is 1. The highest BCUT2D eigenvalue weighted by Gasteiger charge is 2.60. The van der Waals surface area contributed by atoms with E-state index >= 15 is 0 Å². The van der Waals surface area contributed by atoms with Gasteiger partial charge in [-0.1, -0.05) is 18.2 Å². The van der Waals surface area contributed by atoms with Crippen LogP contribution < -0.4 is 16.2 Å². The predicted octanol–water partition coefficient (Wildman–Crippen LogP) is 3.13. The van der Waals surface area contributed by atoms with E-state index in [1.54, 1.807) is 17.7 Å². The number of piperidine rings is 1. The van der Waals surface area contributed by atoms with Crippen molar-refractivity contribution in [3.05, 3.63) is 63.3 Å². The van der Waals surface area contributed by atoms with Gasteiger partial charge >= 0.3 is 0 Å². The number of benzene rings is 1. The van der Waals surface area contributed by atoms with Crippen LogP contribution in [-0.4, -0.2) is 54.8 Å². The zero-order valence-electron chi connectivity index (χ0n) is 20.1. The number of rotatable bonds is 7. The van der Waals surface area contributed by atoms with Crippen LogP contribution in [0.15, 0.2) is 35.3 Å². The van der Waals surface area contributed by atoms with Crippen molar-refractivity contribution in [3.8, 4) is 0 Å². The van der Waals surface area contributed by atoms with Crippen LogP contribution in [0.2, 0.25) is 0 Å². The molecule has 10 heteroatoms. The smallest absolute Gasteiger partial charge is 0.266 e. The molecular formula is C26H29F3N4O3. The van der Waals surface area contributed by atoms with E-state index in [0.717, 1.165) is 25.6 Å².